The van der Waals surface area contributed by atoms with Gasteiger partial charge in [-0.3, -0.25) is 0 Å². The molecular weight excluding hydrogens is 256 g/mol. The van der Waals surface area contributed by atoms with Crippen LogP contribution in [0, 0.1) is 32.4 Å². The highest BCUT2D eigenvalue weighted by Crippen LogP contribution is 2.27. The topological polar surface area (TPSA) is 12.0 Å². The highest BCUT2D eigenvalue weighted by molar-refractivity contribution is 5.49. The number of halogens is 2. The van der Waals surface area contributed by atoms with Gasteiger partial charge in [0.2, 0.25) is 0 Å². The predicted octanol–water partition coefficient (Wildman–Crippen LogP) is 5.06. The van der Waals surface area contributed by atoms with E-state index in [1.54, 1.807) is 0 Å². The molecule has 106 valence electrons. The van der Waals surface area contributed by atoms with Gasteiger partial charge in [0.1, 0.15) is 11.6 Å². The number of benzene rings is 2. The van der Waals surface area contributed by atoms with Gasteiger partial charge in [0.15, 0.2) is 0 Å². The first-order valence-electron chi connectivity index (χ1n) is 6.67. The minimum absolute atomic E-state index is 0.0169. The van der Waals surface area contributed by atoms with Crippen molar-refractivity contribution >= 4 is 5.69 Å². The van der Waals surface area contributed by atoms with Crippen molar-refractivity contribution in [2.45, 2.75) is 33.7 Å². The standard InChI is InChI=1S/C17H19F2N/c1-10-5-11(2)17(12(3)6-10)13(4)20-16-8-14(18)7-15(19)9-16/h5-9,13,20H,1-4H3. The summed E-state index contributed by atoms with van der Waals surface area (Å²) in [6.45, 7) is 8.16. The Balaban J connectivity index is 2.30. The zero-order valence-electron chi connectivity index (χ0n) is 12.2. The van der Waals surface area contributed by atoms with E-state index >= 15 is 0 Å². The van der Waals surface area contributed by atoms with Crippen molar-refractivity contribution in [2.24, 2.45) is 0 Å². The van der Waals surface area contributed by atoms with Gasteiger partial charge in [-0.25, -0.2) is 8.78 Å². The monoisotopic (exact) mass is 275 g/mol. The van der Waals surface area contributed by atoms with Gasteiger partial charge in [-0.2, -0.15) is 0 Å². The van der Waals surface area contributed by atoms with E-state index in [1.165, 1.54) is 34.4 Å². The van der Waals surface area contributed by atoms with Crippen LogP contribution in [0.4, 0.5) is 14.5 Å². The maximum absolute atomic E-state index is 13.2. The van der Waals surface area contributed by atoms with E-state index in [-0.39, 0.29) is 6.04 Å². The minimum Gasteiger partial charge on any atom is -0.378 e. The summed E-state index contributed by atoms with van der Waals surface area (Å²) < 4.78 is 26.4. The van der Waals surface area contributed by atoms with Gasteiger partial charge in [0, 0.05) is 17.8 Å². The van der Waals surface area contributed by atoms with Gasteiger partial charge in [-0.15, -0.1) is 0 Å². The first-order chi connectivity index (χ1) is 9.36. The van der Waals surface area contributed by atoms with Crippen LogP contribution in [-0.4, -0.2) is 0 Å². The van der Waals surface area contributed by atoms with Crippen molar-refractivity contribution in [2.75, 3.05) is 5.32 Å². The fraction of sp³-hybridized carbons (Fsp3) is 0.294. The summed E-state index contributed by atoms with van der Waals surface area (Å²) in [5.74, 6) is -1.14. The number of anilines is 1. The van der Waals surface area contributed by atoms with E-state index in [4.69, 9.17) is 0 Å². The Kier molecular flexibility index (Phi) is 4.07. The quantitative estimate of drug-likeness (QED) is 0.825. The van der Waals surface area contributed by atoms with Crippen LogP contribution in [0.1, 0.15) is 35.2 Å². The Morgan fingerprint density at radius 2 is 1.35 bits per heavy atom. The van der Waals surface area contributed by atoms with Crippen LogP contribution in [0.5, 0.6) is 0 Å². The van der Waals surface area contributed by atoms with Gasteiger partial charge < -0.3 is 5.32 Å². The average Bonchev–Trinajstić information content (AvgIpc) is 2.25. The molecule has 0 aliphatic rings. The molecule has 2 aromatic rings. The second-order valence-electron chi connectivity index (χ2n) is 5.34. The predicted molar refractivity (Wildman–Crippen MR) is 79.0 cm³/mol. The lowest BCUT2D eigenvalue weighted by Gasteiger charge is -2.21. The maximum atomic E-state index is 13.2. The molecule has 0 aliphatic heterocycles. The summed E-state index contributed by atoms with van der Waals surface area (Å²) in [4.78, 5) is 0. The highest BCUT2D eigenvalue weighted by Gasteiger charge is 2.12. The van der Waals surface area contributed by atoms with Crippen LogP contribution >= 0.6 is 0 Å². The minimum atomic E-state index is -0.572. The lowest BCUT2D eigenvalue weighted by atomic mass is 9.95. The van der Waals surface area contributed by atoms with Gasteiger partial charge in [0.05, 0.1) is 0 Å². The van der Waals surface area contributed by atoms with Crippen LogP contribution in [0.3, 0.4) is 0 Å². The van der Waals surface area contributed by atoms with E-state index in [0.717, 1.165) is 6.07 Å². The molecule has 0 bridgehead atoms. The van der Waals surface area contributed by atoms with Crippen LogP contribution < -0.4 is 5.32 Å². The van der Waals surface area contributed by atoms with Gasteiger partial charge in [-0.05, 0) is 56.5 Å². The Labute approximate surface area is 118 Å². The molecule has 1 N–H and O–H groups in total. The Bertz CT molecular complexity index is 592. The number of aryl methyl sites for hydroxylation is 3. The number of rotatable bonds is 3. The van der Waals surface area contributed by atoms with Crippen molar-refractivity contribution in [3.63, 3.8) is 0 Å². The molecule has 1 unspecified atom stereocenters. The molecule has 20 heavy (non-hydrogen) atoms. The molecular formula is C17H19F2N. The zero-order valence-corrected chi connectivity index (χ0v) is 12.2. The maximum Gasteiger partial charge on any atom is 0.128 e. The molecule has 0 radical (unpaired) electrons. The molecule has 3 heteroatoms. The SMILES string of the molecule is Cc1cc(C)c(C(C)Nc2cc(F)cc(F)c2)c(C)c1. The molecule has 1 atom stereocenters. The first-order valence-corrected chi connectivity index (χ1v) is 6.67. The van der Waals surface area contributed by atoms with E-state index < -0.39 is 11.6 Å². The van der Waals surface area contributed by atoms with Gasteiger partial charge in [0.25, 0.3) is 0 Å². The summed E-state index contributed by atoms with van der Waals surface area (Å²) in [7, 11) is 0. The summed E-state index contributed by atoms with van der Waals surface area (Å²) in [6, 6.07) is 7.70. The molecule has 2 aromatic carbocycles. The summed E-state index contributed by atoms with van der Waals surface area (Å²) in [5.41, 5.74) is 5.20. The van der Waals surface area contributed by atoms with Gasteiger partial charge in [-0.1, -0.05) is 17.7 Å². The average molecular weight is 275 g/mol. The summed E-state index contributed by atoms with van der Waals surface area (Å²) in [5, 5.41) is 3.16. The molecule has 0 aliphatic carbocycles. The smallest absolute Gasteiger partial charge is 0.128 e. The van der Waals surface area contributed by atoms with Crippen molar-refractivity contribution in [3.05, 3.63) is 64.2 Å². The lowest BCUT2D eigenvalue weighted by molar-refractivity contribution is 0.583. The molecule has 0 saturated heterocycles. The second-order valence-corrected chi connectivity index (χ2v) is 5.34. The van der Waals surface area contributed by atoms with Crippen LogP contribution in [-0.2, 0) is 0 Å². The third-order valence-corrected chi connectivity index (χ3v) is 3.42. The van der Waals surface area contributed by atoms with E-state index in [1.807, 2.05) is 6.92 Å². The second kappa shape index (κ2) is 5.61. The molecule has 0 heterocycles. The van der Waals surface area contributed by atoms with Crippen LogP contribution in [0.25, 0.3) is 0 Å². The van der Waals surface area contributed by atoms with Crippen molar-refractivity contribution in [1.82, 2.24) is 0 Å². The Morgan fingerprint density at radius 1 is 0.850 bits per heavy atom. The van der Waals surface area contributed by atoms with Crippen molar-refractivity contribution in [1.29, 1.82) is 0 Å². The lowest BCUT2D eigenvalue weighted by Crippen LogP contribution is -2.10. The summed E-state index contributed by atoms with van der Waals surface area (Å²) >= 11 is 0. The Hall–Kier alpha value is -1.90. The molecule has 0 aromatic heterocycles. The fourth-order valence-corrected chi connectivity index (χ4v) is 2.83. The normalized spacial score (nSPS) is 12.3. The molecule has 0 spiro atoms. The van der Waals surface area contributed by atoms with Crippen molar-refractivity contribution < 1.29 is 8.78 Å². The van der Waals surface area contributed by atoms with Crippen molar-refractivity contribution in [3.8, 4) is 0 Å². The van der Waals surface area contributed by atoms with E-state index in [9.17, 15) is 8.78 Å². The van der Waals surface area contributed by atoms with Gasteiger partial charge >= 0.3 is 0 Å². The third kappa shape index (κ3) is 3.16. The zero-order chi connectivity index (χ0) is 14.9. The largest absolute Gasteiger partial charge is 0.378 e. The number of hydrogen-bond donors (Lipinski definition) is 1. The number of hydrogen-bond acceptors (Lipinski definition) is 1. The molecule has 2 rings (SSSR count). The Morgan fingerprint density at radius 3 is 1.85 bits per heavy atom. The molecule has 1 nitrogen and oxygen atoms in total. The highest BCUT2D eigenvalue weighted by atomic mass is 19.1. The van der Waals surface area contributed by atoms with E-state index in [0.29, 0.717) is 5.69 Å². The molecule has 0 saturated carbocycles. The summed E-state index contributed by atoms with van der Waals surface area (Å²) in [6.07, 6.45) is 0. The molecule has 0 amide bonds. The molecule has 0 fully saturated rings. The van der Waals surface area contributed by atoms with E-state index in [2.05, 4.69) is 38.2 Å². The van der Waals surface area contributed by atoms with Crippen LogP contribution in [0.2, 0.25) is 0 Å². The fourth-order valence-electron chi connectivity index (χ4n) is 2.83. The first kappa shape index (κ1) is 14.5. The third-order valence-electron chi connectivity index (χ3n) is 3.42. The van der Waals surface area contributed by atoms with Crippen LogP contribution in [0.15, 0.2) is 30.3 Å². The number of nitrogens with one attached hydrogen (secondary N) is 1.